The molecule has 0 spiro atoms. The van der Waals surface area contributed by atoms with Crippen LogP contribution in [0.15, 0.2) is 24.3 Å². The third kappa shape index (κ3) is 6.87. The zero-order valence-corrected chi connectivity index (χ0v) is 21.8. The van der Waals surface area contributed by atoms with E-state index in [0.717, 1.165) is 54.5 Å². The lowest BCUT2D eigenvalue weighted by Crippen LogP contribution is -2.39. The molecule has 2 N–H and O–H groups in total. The summed E-state index contributed by atoms with van der Waals surface area (Å²) in [6.45, 7) is 11.3. The van der Waals surface area contributed by atoms with Crippen LogP contribution in [0.5, 0.6) is 0 Å². The number of hydrogen-bond acceptors (Lipinski definition) is 7. The van der Waals surface area contributed by atoms with Gasteiger partial charge in [0.2, 0.25) is 0 Å². The molecule has 2 aromatic rings. The predicted molar refractivity (Wildman–Crippen MR) is 141 cm³/mol. The van der Waals surface area contributed by atoms with Gasteiger partial charge in [-0.25, -0.2) is 14.2 Å². The summed E-state index contributed by atoms with van der Waals surface area (Å²) in [5.74, 6) is 1.18. The second-order valence-electron chi connectivity index (χ2n) is 10.0. The summed E-state index contributed by atoms with van der Waals surface area (Å²) in [7, 11) is 0. The molecule has 9 nitrogen and oxygen atoms in total. The third-order valence-electron chi connectivity index (χ3n) is 6.68. The van der Waals surface area contributed by atoms with E-state index in [1.54, 1.807) is 6.07 Å². The summed E-state index contributed by atoms with van der Waals surface area (Å²) in [5, 5.41) is 14.5. The number of benzene rings is 1. The third-order valence-corrected chi connectivity index (χ3v) is 6.68. The normalized spacial score (nSPS) is 16.3. The van der Waals surface area contributed by atoms with Gasteiger partial charge in [-0.1, -0.05) is 0 Å². The van der Waals surface area contributed by atoms with E-state index in [0.29, 0.717) is 39.4 Å². The van der Waals surface area contributed by atoms with Crippen LogP contribution in [0, 0.1) is 29.5 Å². The number of amides is 2. The molecular formula is C27H35FN6O3. The molecule has 1 aromatic heterocycles. The fourth-order valence-corrected chi connectivity index (χ4v) is 4.36. The number of urea groups is 1. The number of aromatic nitrogens is 1. The molecule has 2 amide bonds. The number of anilines is 3. The van der Waals surface area contributed by atoms with Gasteiger partial charge in [0, 0.05) is 32.7 Å². The van der Waals surface area contributed by atoms with E-state index in [2.05, 4.69) is 26.5 Å². The highest BCUT2D eigenvalue weighted by atomic mass is 19.1. The van der Waals surface area contributed by atoms with E-state index in [1.165, 1.54) is 6.07 Å². The maximum absolute atomic E-state index is 14.9. The van der Waals surface area contributed by atoms with Crippen molar-refractivity contribution in [2.45, 2.75) is 27.2 Å². The molecule has 10 heteroatoms. The van der Waals surface area contributed by atoms with E-state index in [-0.39, 0.29) is 5.69 Å². The van der Waals surface area contributed by atoms with Gasteiger partial charge >= 0.3 is 6.03 Å². The van der Waals surface area contributed by atoms with Gasteiger partial charge < -0.3 is 29.9 Å². The van der Waals surface area contributed by atoms with Crippen molar-refractivity contribution in [3.63, 3.8) is 0 Å². The molecule has 0 aliphatic carbocycles. The van der Waals surface area contributed by atoms with Crippen molar-refractivity contribution in [1.29, 1.82) is 5.26 Å². The van der Waals surface area contributed by atoms with Gasteiger partial charge in [0.15, 0.2) is 0 Å². The number of aryl methyl sites for hydroxylation is 1. The van der Waals surface area contributed by atoms with Crippen molar-refractivity contribution in [1.82, 2.24) is 10.3 Å². The zero-order chi connectivity index (χ0) is 26.4. The van der Waals surface area contributed by atoms with Gasteiger partial charge in [0.05, 0.1) is 43.6 Å². The molecule has 2 saturated heterocycles. The minimum Gasteiger partial charge on any atom is -0.378 e. The maximum atomic E-state index is 14.9. The highest BCUT2D eigenvalue weighted by Crippen LogP contribution is 2.34. The fourth-order valence-electron chi connectivity index (χ4n) is 4.36. The van der Waals surface area contributed by atoms with E-state index in [1.807, 2.05) is 32.9 Å². The Morgan fingerprint density at radius 1 is 1.05 bits per heavy atom. The van der Waals surface area contributed by atoms with Gasteiger partial charge in [0.1, 0.15) is 17.5 Å². The minimum atomic E-state index is -0.548. The van der Waals surface area contributed by atoms with Gasteiger partial charge in [-0.15, -0.1) is 0 Å². The molecule has 37 heavy (non-hydrogen) atoms. The first kappa shape index (κ1) is 26.6. The first-order valence-electron chi connectivity index (χ1n) is 12.7. The lowest BCUT2D eigenvalue weighted by Gasteiger charge is -2.32. The molecule has 0 saturated carbocycles. The van der Waals surface area contributed by atoms with E-state index in [4.69, 9.17) is 19.7 Å². The second kappa shape index (κ2) is 11.8. The van der Waals surface area contributed by atoms with Gasteiger partial charge in [-0.3, -0.25) is 0 Å². The van der Waals surface area contributed by atoms with Crippen LogP contribution < -0.4 is 20.4 Å². The number of morpholine rings is 2. The number of pyridine rings is 1. The average Bonchev–Trinajstić information content (AvgIpc) is 2.91. The summed E-state index contributed by atoms with van der Waals surface area (Å²) in [4.78, 5) is 21.8. The number of ether oxygens (including phenoxy) is 2. The topological polar surface area (TPSA) is 103 Å². The van der Waals surface area contributed by atoms with Crippen molar-refractivity contribution < 1.29 is 18.7 Å². The lowest BCUT2D eigenvalue weighted by molar-refractivity contribution is 0.121. The minimum absolute atomic E-state index is 0.0929. The Morgan fingerprint density at radius 2 is 1.62 bits per heavy atom. The van der Waals surface area contributed by atoms with Crippen LogP contribution in [0.3, 0.4) is 0 Å². The lowest BCUT2D eigenvalue weighted by atomic mass is 9.92. The molecule has 0 atom stereocenters. The monoisotopic (exact) mass is 510 g/mol. The molecule has 4 rings (SSSR count). The molecule has 0 bridgehead atoms. The molecule has 2 aliphatic rings. The molecule has 0 unspecified atom stereocenters. The molecule has 198 valence electrons. The fraction of sp³-hybridized carbons (Fsp3) is 0.519. The van der Waals surface area contributed by atoms with E-state index >= 15 is 0 Å². The van der Waals surface area contributed by atoms with Gasteiger partial charge in [-0.05, 0) is 68.1 Å². The number of hydrogen-bond donors (Lipinski definition) is 2. The van der Waals surface area contributed by atoms with Crippen LogP contribution in [0.2, 0.25) is 0 Å². The van der Waals surface area contributed by atoms with Crippen LogP contribution in [0.4, 0.5) is 26.5 Å². The number of nitrogens with zero attached hydrogens (tertiary/aromatic N) is 4. The van der Waals surface area contributed by atoms with Crippen molar-refractivity contribution in [2.75, 3.05) is 74.3 Å². The Labute approximate surface area is 217 Å². The van der Waals surface area contributed by atoms with Crippen LogP contribution in [0.25, 0.3) is 11.1 Å². The van der Waals surface area contributed by atoms with Crippen LogP contribution >= 0.6 is 0 Å². The Bertz CT molecular complexity index is 1120. The molecule has 1 aromatic carbocycles. The van der Waals surface area contributed by atoms with E-state index < -0.39 is 17.3 Å². The van der Waals surface area contributed by atoms with Crippen LogP contribution in [0.1, 0.15) is 25.8 Å². The van der Waals surface area contributed by atoms with Gasteiger partial charge in [0.25, 0.3) is 0 Å². The number of rotatable bonds is 7. The second-order valence-corrected chi connectivity index (χ2v) is 10.0. The number of halogens is 1. The molecule has 2 fully saturated rings. The Hall–Kier alpha value is -3.42. The smallest absolute Gasteiger partial charge is 0.319 e. The summed E-state index contributed by atoms with van der Waals surface area (Å²) in [5.41, 5.74) is 2.01. The largest absolute Gasteiger partial charge is 0.378 e. The van der Waals surface area contributed by atoms with Crippen LogP contribution in [-0.2, 0) is 9.47 Å². The number of nitrogens with one attached hydrogen (secondary N) is 2. The number of carbonyl (C=O) groups is 1. The standard InChI is InChI=1S/C27H35FN6O3/c1-19-14-22(28)23(31-26(35)30-5-4-27(2,3)18-29)17-21(19)20-15-24(33-6-10-36-11-7-33)32-25(16-20)34-8-12-37-13-9-34/h14-17H,4-13H2,1-3H3,(H2,30,31,35). The van der Waals surface area contributed by atoms with Crippen molar-refractivity contribution in [3.8, 4) is 17.2 Å². The van der Waals surface area contributed by atoms with Crippen molar-refractivity contribution >= 4 is 23.4 Å². The Balaban J connectivity index is 1.61. The quantitative estimate of drug-likeness (QED) is 0.582. The molecule has 3 heterocycles. The predicted octanol–water partition coefficient (Wildman–Crippen LogP) is 3.93. The molecule has 0 radical (unpaired) electrons. The van der Waals surface area contributed by atoms with Gasteiger partial charge in [-0.2, -0.15) is 5.26 Å². The molecular weight excluding hydrogens is 475 g/mol. The Kier molecular flexibility index (Phi) is 8.46. The van der Waals surface area contributed by atoms with E-state index in [9.17, 15) is 9.18 Å². The highest BCUT2D eigenvalue weighted by Gasteiger charge is 2.21. The molecule has 2 aliphatic heterocycles. The summed E-state index contributed by atoms with van der Waals surface area (Å²) >= 11 is 0. The van der Waals surface area contributed by atoms with Crippen LogP contribution in [-0.4, -0.2) is 70.2 Å². The SMILES string of the molecule is Cc1cc(F)c(NC(=O)NCCC(C)(C)C#N)cc1-c1cc(N2CCOCC2)nc(N2CCOCC2)c1. The number of carbonyl (C=O) groups excluding carboxylic acids is 1. The Morgan fingerprint density at radius 3 is 2.16 bits per heavy atom. The average molecular weight is 511 g/mol. The summed E-state index contributed by atoms with van der Waals surface area (Å²) in [6, 6.07) is 8.83. The first-order chi connectivity index (χ1) is 17.8. The highest BCUT2D eigenvalue weighted by molar-refractivity contribution is 5.90. The maximum Gasteiger partial charge on any atom is 0.319 e. The first-order valence-corrected chi connectivity index (χ1v) is 12.7. The summed E-state index contributed by atoms with van der Waals surface area (Å²) in [6.07, 6.45) is 0.490. The summed E-state index contributed by atoms with van der Waals surface area (Å²) < 4.78 is 25.9. The van der Waals surface area contributed by atoms with Crippen molar-refractivity contribution in [3.05, 3.63) is 35.6 Å². The zero-order valence-electron chi connectivity index (χ0n) is 21.8. The number of nitriles is 1. The van der Waals surface area contributed by atoms with Crippen molar-refractivity contribution in [2.24, 2.45) is 5.41 Å².